The topological polar surface area (TPSA) is 92.8 Å². The molecule has 2 aromatic rings. The van der Waals surface area contributed by atoms with Gasteiger partial charge in [-0.25, -0.2) is 13.2 Å². The molecule has 2 aromatic carbocycles. The number of amides is 1. The molecule has 1 aliphatic rings. The highest BCUT2D eigenvalue weighted by Crippen LogP contribution is 2.22. The van der Waals surface area contributed by atoms with Gasteiger partial charge in [-0.2, -0.15) is 4.31 Å². The van der Waals surface area contributed by atoms with Crippen molar-refractivity contribution in [1.82, 2.24) is 4.31 Å². The van der Waals surface area contributed by atoms with E-state index in [1.165, 1.54) is 35.7 Å². The first-order valence-electron chi connectivity index (χ1n) is 9.43. The van der Waals surface area contributed by atoms with E-state index in [9.17, 15) is 18.0 Å². The Kier molecular flexibility index (Phi) is 6.34. The predicted molar refractivity (Wildman–Crippen MR) is 110 cm³/mol. The normalized spacial score (nSPS) is 15.0. The van der Waals surface area contributed by atoms with Crippen LogP contribution < -0.4 is 5.32 Å². The Morgan fingerprint density at radius 3 is 2.21 bits per heavy atom. The van der Waals surface area contributed by atoms with Gasteiger partial charge >= 0.3 is 5.97 Å². The highest BCUT2D eigenvalue weighted by molar-refractivity contribution is 7.89. The van der Waals surface area contributed by atoms with E-state index in [1.807, 2.05) is 6.92 Å². The van der Waals surface area contributed by atoms with Crippen LogP contribution in [0.25, 0.3) is 0 Å². The molecule has 154 valence electrons. The Bertz CT molecular complexity index is 1010. The number of ether oxygens (including phenoxy) is 1. The second kappa shape index (κ2) is 8.75. The number of nitrogens with zero attached hydrogens (tertiary/aromatic N) is 1. The van der Waals surface area contributed by atoms with Crippen LogP contribution in [0.3, 0.4) is 0 Å². The summed E-state index contributed by atoms with van der Waals surface area (Å²) in [6.07, 6.45) is 2.77. The number of piperidine rings is 1. The zero-order chi connectivity index (χ0) is 21.0. The number of rotatable bonds is 5. The summed E-state index contributed by atoms with van der Waals surface area (Å²) in [5.41, 5.74) is 1.93. The van der Waals surface area contributed by atoms with E-state index >= 15 is 0 Å². The van der Waals surface area contributed by atoms with Crippen molar-refractivity contribution in [2.24, 2.45) is 0 Å². The molecule has 7 nitrogen and oxygen atoms in total. The van der Waals surface area contributed by atoms with Crippen LogP contribution >= 0.6 is 0 Å². The van der Waals surface area contributed by atoms with Crippen molar-refractivity contribution in [1.29, 1.82) is 0 Å². The fourth-order valence-electron chi connectivity index (χ4n) is 3.23. The molecule has 1 N–H and O–H groups in total. The van der Waals surface area contributed by atoms with Crippen LogP contribution in [0.4, 0.5) is 5.69 Å². The summed E-state index contributed by atoms with van der Waals surface area (Å²) in [6, 6.07) is 10.8. The van der Waals surface area contributed by atoms with E-state index < -0.39 is 21.9 Å². The number of hydrogen-bond donors (Lipinski definition) is 1. The number of carbonyl (C=O) groups excluding carboxylic acids is 2. The molecule has 1 heterocycles. The highest BCUT2D eigenvalue weighted by Gasteiger charge is 2.26. The van der Waals surface area contributed by atoms with Crippen LogP contribution in [0, 0.1) is 6.92 Å². The van der Waals surface area contributed by atoms with Crippen molar-refractivity contribution in [3.8, 4) is 0 Å². The molecule has 29 heavy (non-hydrogen) atoms. The first-order chi connectivity index (χ1) is 13.8. The summed E-state index contributed by atoms with van der Waals surface area (Å²) < 4.78 is 31.6. The van der Waals surface area contributed by atoms with Crippen LogP contribution in [-0.2, 0) is 14.8 Å². The van der Waals surface area contributed by atoms with E-state index in [-0.39, 0.29) is 4.90 Å². The van der Waals surface area contributed by atoms with Crippen molar-refractivity contribution in [2.45, 2.75) is 31.1 Å². The van der Waals surface area contributed by atoms with Crippen LogP contribution in [0.1, 0.15) is 45.5 Å². The van der Waals surface area contributed by atoms with Gasteiger partial charge in [0.1, 0.15) is 0 Å². The number of methoxy groups -OCH3 is 1. The molecule has 0 bridgehead atoms. The number of nitrogens with one attached hydrogen (secondary N) is 1. The first-order valence-corrected chi connectivity index (χ1v) is 10.9. The van der Waals surface area contributed by atoms with Gasteiger partial charge in [0.25, 0.3) is 5.91 Å². The molecular formula is C21H24N2O5S. The summed E-state index contributed by atoms with van der Waals surface area (Å²) in [6.45, 7) is 2.87. The molecule has 0 aromatic heterocycles. The standard InChI is InChI=1S/C21H24N2O5S/c1-15-6-7-17(21(25)28-2)14-19(15)22-20(24)16-8-10-18(11-9-16)29(26,27)23-12-4-3-5-13-23/h6-11,14H,3-5,12-13H2,1-2H3,(H,22,24). The third-order valence-electron chi connectivity index (χ3n) is 4.98. The monoisotopic (exact) mass is 416 g/mol. The highest BCUT2D eigenvalue weighted by atomic mass is 32.2. The molecule has 1 amide bonds. The predicted octanol–water partition coefficient (Wildman–Crippen LogP) is 3.21. The summed E-state index contributed by atoms with van der Waals surface area (Å²) in [7, 11) is -2.25. The fourth-order valence-corrected chi connectivity index (χ4v) is 4.75. The molecule has 8 heteroatoms. The van der Waals surface area contributed by atoms with Crippen LogP contribution in [-0.4, -0.2) is 44.8 Å². The number of benzene rings is 2. The Balaban J connectivity index is 1.77. The molecule has 1 fully saturated rings. The van der Waals surface area contributed by atoms with Gasteiger partial charge in [0.15, 0.2) is 0 Å². The molecular weight excluding hydrogens is 392 g/mol. The first kappa shape index (κ1) is 21.0. The van der Waals surface area contributed by atoms with E-state index in [2.05, 4.69) is 5.32 Å². The maximum absolute atomic E-state index is 12.7. The molecule has 0 radical (unpaired) electrons. The molecule has 0 spiro atoms. The van der Waals surface area contributed by atoms with E-state index in [4.69, 9.17) is 4.74 Å². The molecule has 1 saturated heterocycles. The number of aryl methyl sites for hydroxylation is 1. The number of sulfonamides is 1. The maximum Gasteiger partial charge on any atom is 0.337 e. The molecule has 1 aliphatic heterocycles. The van der Waals surface area contributed by atoms with E-state index in [0.717, 1.165) is 24.8 Å². The van der Waals surface area contributed by atoms with Crippen molar-refractivity contribution < 1.29 is 22.7 Å². The zero-order valence-corrected chi connectivity index (χ0v) is 17.3. The molecule has 0 atom stereocenters. The van der Waals surface area contributed by atoms with Gasteiger partial charge in [-0.1, -0.05) is 12.5 Å². The lowest BCUT2D eigenvalue weighted by molar-refractivity contribution is 0.0600. The average Bonchev–Trinajstić information content (AvgIpc) is 2.75. The van der Waals surface area contributed by atoms with E-state index in [1.54, 1.807) is 18.2 Å². The molecule has 3 rings (SSSR count). The minimum atomic E-state index is -3.54. The van der Waals surface area contributed by atoms with E-state index in [0.29, 0.717) is 29.9 Å². The van der Waals surface area contributed by atoms with Crippen LogP contribution in [0.2, 0.25) is 0 Å². The summed E-state index contributed by atoms with van der Waals surface area (Å²) in [4.78, 5) is 24.5. The van der Waals surface area contributed by atoms with Crippen LogP contribution in [0.15, 0.2) is 47.4 Å². The van der Waals surface area contributed by atoms with Crippen molar-refractivity contribution in [2.75, 3.05) is 25.5 Å². The van der Waals surface area contributed by atoms with Gasteiger partial charge in [-0.05, 0) is 61.7 Å². The summed E-state index contributed by atoms with van der Waals surface area (Å²) >= 11 is 0. The average molecular weight is 416 g/mol. The van der Waals surface area contributed by atoms with Gasteiger partial charge in [0.05, 0.1) is 17.6 Å². The lowest BCUT2D eigenvalue weighted by atomic mass is 10.1. The summed E-state index contributed by atoms with van der Waals surface area (Å²) in [5, 5.41) is 2.76. The molecule has 0 saturated carbocycles. The third kappa shape index (κ3) is 4.65. The fraction of sp³-hybridized carbons (Fsp3) is 0.333. The van der Waals surface area contributed by atoms with Gasteiger partial charge in [0, 0.05) is 24.3 Å². The Hall–Kier alpha value is -2.71. The van der Waals surface area contributed by atoms with Gasteiger partial charge in [-0.15, -0.1) is 0 Å². The quantitative estimate of drug-likeness (QED) is 0.756. The number of hydrogen-bond acceptors (Lipinski definition) is 5. The maximum atomic E-state index is 12.7. The minimum Gasteiger partial charge on any atom is -0.465 e. The Labute approximate surface area is 170 Å². The van der Waals surface area contributed by atoms with Crippen molar-refractivity contribution >= 4 is 27.6 Å². The molecule has 0 unspecified atom stereocenters. The van der Waals surface area contributed by atoms with Crippen LogP contribution in [0.5, 0.6) is 0 Å². The van der Waals surface area contributed by atoms with Gasteiger partial charge in [0.2, 0.25) is 10.0 Å². The van der Waals surface area contributed by atoms with Gasteiger partial charge < -0.3 is 10.1 Å². The lowest BCUT2D eigenvalue weighted by Crippen LogP contribution is -2.35. The van der Waals surface area contributed by atoms with Crippen molar-refractivity contribution in [3.05, 3.63) is 59.2 Å². The lowest BCUT2D eigenvalue weighted by Gasteiger charge is -2.25. The second-order valence-electron chi connectivity index (χ2n) is 6.96. The largest absolute Gasteiger partial charge is 0.465 e. The third-order valence-corrected chi connectivity index (χ3v) is 6.89. The van der Waals surface area contributed by atoms with Crippen molar-refractivity contribution in [3.63, 3.8) is 0 Å². The Morgan fingerprint density at radius 2 is 1.59 bits per heavy atom. The number of esters is 1. The number of anilines is 1. The SMILES string of the molecule is COC(=O)c1ccc(C)c(NC(=O)c2ccc(S(=O)(=O)N3CCCCC3)cc2)c1. The smallest absolute Gasteiger partial charge is 0.337 e. The Morgan fingerprint density at radius 1 is 0.966 bits per heavy atom. The molecule has 0 aliphatic carbocycles. The summed E-state index contributed by atoms with van der Waals surface area (Å²) in [5.74, 6) is -0.884. The van der Waals surface area contributed by atoms with Gasteiger partial charge in [-0.3, -0.25) is 4.79 Å². The minimum absolute atomic E-state index is 0.180. The zero-order valence-electron chi connectivity index (χ0n) is 16.5. The number of carbonyl (C=O) groups is 2. The second-order valence-corrected chi connectivity index (χ2v) is 8.90.